The van der Waals surface area contributed by atoms with Gasteiger partial charge >= 0.3 is 5.97 Å². The monoisotopic (exact) mass is 170 g/mol. The van der Waals surface area contributed by atoms with E-state index >= 15 is 0 Å². The van der Waals surface area contributed by atoms with E-state index in [0.717, 1.165) is 19.4 Å². The normalized spacial score (nSPS) is 22.5. The van der Waals surface area contributed by atoms with Crippen LogP contribution in [-0.4, -0.2) is 36.4 Å². The molecule has 1 rings (SSSR count). The maximum absolute atomic E-state index is 11.2. The molecule has 1 fully saturated rings. The average molecular weight is 170 g/mol. The fraction of sp³-hybridized carbons (Fsp3) is 0.750. The number of amidine groups is 1. The summed E-state index contributed by atoms with van der Waals surface area (Å²) in [5.74, 6) is 0.224. The molecule has 0 spiro atoms. The van der Waals surface area contributed by atoms with Crippen LogP contribution in [0.25, 0.3) is 0 Å². The Balaban J connectivity index is 2.63. The number of carbonyl (C=O) groups is 1. The van der Waals surface area contributed by atoms with Crippen molar-refractivity contribution >= 4 is 11.8 Å². The molecular weight excluding hydrogens is 156 g/mol. The van der Waals surface area contributed by atoms with Gasteiger partial charge in [0.25, 0.3) is 0 Å². The van der Waals surface area contributed by atoms with Gasteiger partial charge in [0.05, 0.1) is 12.9 Å². The summed E-state index contributed by atoms with van der Waals surface area (Å²) in [6.45, 7) is 2.50. The molecule has 68 valence electrons. The van der Waals surface area contributed by atoms with Crippen molar-refractivity contribution in [2.24, 2.45) is 0 Å². The summed E-state index contributed by atoms with van der Waals surface area (Å²) in [5.41, 5.74) is 0. The second kappa shape index (κ2) is 3.56. The molecular formula is C8H14N2O2. The Kier molecular flexibility index (Phi) is 2.68. The van der Waals surface area contributed by atoms with E-state index in [4.69, 9.17) is 5.41 Å². The third-order valence-corrected chi connectivity index (χ3v) is 2.16. The van der Waals surface area contributed by atoms with Crippen molar-refractivity contribution in [2.75, 3.05) is 13.7 Å². The van der Waals surface area contributed by atoms with Crippen molar-refractivity contribution in [1.82, 2.24) is 4.90 Å². The fourth-order valence-corrected chi connectivity index (χ4v) is 1.55. The van der Waals surface area contributed by atoms with E-state index in [0.29, 0.717) is 5.84 Å². The lowest BCUT2D eigenvalue weighted by molar-refractivity contribution is -0.144. The summed E-state index contributed by atoms with van der Waals surface area (Å²) in [7, 11) is 1.39. The first kappa shape index (κ1) is 9.03. The quantitative estimate of drug-likeness (QED) is 0.356. The summed E-state index contributed by atoms with van der Waals surface area (Å²) in [6.07, 6.45) is 1.78. The molecule has 12 heavy (non-hydrogen) atoms. The van der Waals surface area contributed by atoms with Crippen molar-refractivity contribution in [3.05, 3.63) is 0 Å². The summed E-state index contributed by atoms with van der Waals surface area (Å²) in [4.78, 5) is 13.0. The molecule has 0 aliphatic carbocycles. The number of likely N-dealkylation sites (tertiary alicyclic amines) is 1. The average Bonchev–Trinajstić information content (AvgIpc) is 2.50. The molecule has 0 saturated carbocycles. The van der Waals surface area contributed by atoms with Gasteiger partial charge in [0.2, 0.25) is 0 Å². The van der Waals surface area contributed by atoms with Crippen LogP contribution < -0.4 is 0 Å². The highest BCUT2D eigenvalue weighted by Crippen LogP contribution is 2.18. The van der Waals surface area contributed by atoms with Crippen molar-refractivity contribution in [3.63, 3.8) is 0 Å². The first-order valence-electron chi connectivity index (χ1n) is 4.06. The van der Waals surface area contributed by atoms with Gasteiger partial charge in [-0.3, -0.25) is 5.41 Å². The Bertz CT molecular complexity index is 203. The first-order chi connectivity index (χ1) is 5.66. The van der Waals surface area contributed by atoms with E-state index in [9.17, 15) is 4.79 Å². The van der Waals surface area contributed by atoms with E-state index in [1.807, 2.05) is 0 Å². The molecule has 1 N–H and O–H groups in total. The lowest BCUT2D eigenvalue weighted by Crippen LogP contribution is -2.39. The van der Waals surface area contributed by atoms with Gasteiger partial charge in [-0.2, -0.15) is 0 Å². The zero-order valence-electron chi connectivity index (χ0n) is 7.46. The van der Waals surface area contributed by atoms with E-state index in [-0.39, 0.29) is 12.0 Å². The van der Waals surface area contributed by atoms with E-state index in [1.165, 1.54) is 7.11 Å². The Morgan fingerprint density at radius 3 is 2.83 bits per heavy atom. The minimum absolute atomic E-state index is 0.215. The number of hydrogen-bond acceptors (Lipinski definition) is 3. The van der Waals surface area contributed by atoms with E-state index < -0.39 is 0 Å². The largest absolute Gasteiger partial charge is 0.467 e. The van der Waals surface area contributed by atoms with Crippen LogP contribution in [0, 0.1) is 5.41 Å². The van der Waals surface area contributed by atoms with Gasteiger partial charge in [0.15, 0.2) is 0 Å². The van der Waals surface area contributed by atoms with Gasteiger partial charge in [-0.05, 0) is 19.8 Å². The molecule has 1 heterocycles. The second-order valence-corrected chi connectivity index (χ2v) is 2.96. The fourth-order valence-electron chi connectivity index (χ4n) is 1.55. The highest BCUT2D eigenvalue weighted by molar-refractivity contribution is 5.85. The van der Waals surface area contributed by atoms with Crippen LogP contribution in [0.3, 0.4) is 0 Å². The Hall–Kier alpha value is -1.06. The van der Waals surface area contributed by atoms with Gasteiger partial charge < -0.3 is 9.64 Å². The van der Waals surface area contributed by atoms with Crippen LogP contribution in [0.1, 0.15) is 19.8 Å². The minimum atomic E-state index is -0.223. The molecule has 1 aliphatic rings. The first-order valence-corrected chi connectivity index (χ1v) is 4.06. The predicted octanol–water partition coefficient (Wildman–Crippen LogP) is 0.621. The molecule has 0 aromatic rings. The van der Waals surface area contributed by atoms with Crippen LogP contribution in [0.15, 0.2) is 0 Å². The zero-order chi connectivity index (χ0) is 9.14. The van der Waals surface area contributed by atoms with Crippen molar-refractivity contribution < 1.29 is 9.53 Å². The highest BCUT2D eigenvalue weighted by Gasteiger charge is 2.31. The third-order valence-electron chi connectivity index (χ3n) is 2.16. The second-order valence-electron chi connectivity index (χ2n) is 2.96. The topological polar surface area (TPSA) is 53.4 Å². The van der Waals surface area contributed by atoms with Crippen molar-refractivity contribution in [1.29, 1.82) is 5.41 Å². The molecule has 1 unspecified atom stereocenters. The maximum Gasteiger partial charge on any atom is 0.328 e. The van der Waals surface area contributed by atoms with E-state index in [2.05, 4.69) is 4.74 Å². The number of nitrogens with one attached hydrogen (secondary N) is 1. The highest BCUT2D eigenvalue weighted by atomic mass is 16.5. The molecule has 0 amide bonds. The number of methoxy groups -OCH3 is 1. The molecule has 1 saturated heterocycles. The van der Waals surface area contributed by atoms with Crippen LogP contribution in [0.2, 0.25) is 0 Å². The summed E-state index contributed by atoms with van der Waals surface area (Å²) in [6, 6.07) is -0.215. The molecule has 1 atom stereocenters. The molecule has 0 aromatic heterocycles. The van der Waals surface area contributed by atoms with Gasteiger partial charge in [0.1, 0.15) is 6.04 Å². The van der Waals surface area contributed by atoms with Gasteiger partial charge in [-0.25, -0.2) is 4.79 Å². The van der Waals surface area contributed by atoms with Crippen LogP contribution in [0.5, 0.6) is 0 Å². The number of carbonyl (C=O) groups excluding carboxylic acids is 1. The predicted molar refractivity (Wildman–Crippen MR) is 45.1 cm³/mol. The van der Waals surface area contributed by atoms with Gasteiger partial charge in [-0.15, -0.1) is 0 Å². The molecule has 0 radical (unpaired) electrons. The van der Waals surface area contributed by atoms with Crippen LogP contribution in [0.4, 0.5) is 0 Å². The van der Waals surface area contributed by atoms with Gasteiger partial charge in [0, 0.05) is 6.54 Å². The Morgan fingerprint density at radius 1 is 1.67 bits per heavy atom. The smallest absolute Gasteiger partial charge is 0.328 e. The lowest BCUT2D eigenvalue weighted by atomic mass is 10.2. The number of rotatable bonds is 1. The summed E-state index contributed by atoms with van der Waals surface area (Å²) >= 11 is 0. The number of ether oxygens (including phenoxy) is 1. The molecule has 4 nitrogen and oxygen atoms in total. The van der Waals surface area contributed by atoms with Crippen LogP contribution in [-0.2, 0) is 9.53 Å². The van der Waals surface area contributed by atoms with Crippen molar-refractivity contribution in [2.45, 2.75) is 25.8 Å². The van der Waals surface area contributed by atoms with E-state index in [1.54, 1.807) is 11.8 Å². The summed E-state index contributed by atoms with van der Waals surface area (Å²) < 4.78 is 4.64. The Labute approximate surface area is 72.0 Å². The standard InChI is InChI=1S/C8H14N2O2/c1-6(9)10-5-3-4-7(10)8(11)12-2/h7,9H,3-5H2,1-2H3. The third kappa shape index (κ3) is 1.57. The number of nitrogens with zero attached hydrogens (tertiary/aromatic N) is 1. The van der Waals surface area contributed by atoms with Gasteiger partial charge in [-0.1, -0.05) is 0 Å². The summed E-state index contributed by atoms with van der Waals surface area (Å²) in [5, 5.41) is 7.41. The SMILES string of the molecule is COC(=O)C1CCCN1C(C)=N. The molecule has 4 heteroatoms. The van der Waals surface area contributed by atoms with Crippen molar-refractivity contribution in [3.8, 4) is 0 Å². The maximum atomic E-state index is 11.2. The lowest BCUT2D eigenvalue weighted by Gasteiger charge is -2.22. The zero-order valence-corrected chi connectivity index (χ0v) is 7.46. The number of hydrogen-bond donors (Lipinski definition) is 1. The molecule has 0 bridgehead atoms. The minimum Gasteiger partial charge on any atom is -0.467 e. The van der Waals surface area contributed by atoms with Crippen LogP contribution >= 0.6 is 0 Å². The Morgan fingerprint density at radius 2 is 2.33 bits per heavy atom. The molecule has 1 aliphatic heterocycles. The molecule has 0 aromatic carbocycles. The number of esters is 1.